The second-order valence-corrected chi connectivity index (χ2v) is 12.8. The molecule has 10 aromatic rings. The predicted octanol–water partition coefficient (Wildman–Crippen LogP) is 13.7. The zero-order chi connectivity index (χ0) is 32.3. The Morgan fingerprint density at radius 2 is 0.776 bits per heavy atom. The molecule has 0 aliphatic rings. The number of hydrogen-bond donors (Lipinski definition) is 0. The molecule has 0 amide bonds. The van der Waals surface area contributed by atoms with Crippen LogP contribution in [-0.4, -0.2) is 0 Å². The molecule has 0 unspecified atom stereocenters. The van der Waals surface area contributed by atoms with Crippen LogP contribution in [0.1, 0.15) is 0 Å². The molecule has 0 aliphatic heterocycles. The smallest absolute Gasteiger partial charge is 0.135 e. The lowest BCUT2D eigenvalue weighted by atomic mass is 9.83. The zero-order valence-electron chi connectivity index (χ0n) is 26.7. The molecule has 0 radical (unpaired) electrons. The molecule has 0 aliphatic carbocycles. The predicted molar refractivity (Wildman–Crippen MR) is 208 cm³/mol. The normalized spacial score (nSPS) is 11.7. The molecule has 1 aromatic heterocycles. The summed E-state index contributed by atoms with van der Waals surface area (Å²) in [6.45, 7) is 0. The fourth-order valence-corrected chi connectivity index (χ4v) is 7.78. The summed E-state index contributed by atoms with van der Waals surface area (Å²) < 4.78 is 6.18. The molecule has 0 atom stereocenters. The van der Waals surface area contributed by atoms with Gasteiger partial charge in [-0.1, -0.05) is 152 Å². The minimum atomic E-state index is 0.912. The van der Waals surface area contributed by atoms with Gasteiger partial charge in [0.25, 0.3) is 0 Å². The second-order valence-electron chi connectivity index (χ2n) is 12.8. The molecule has 1 nitrogen and oxygen atoms in total. The standard InChI is InChI=1S/C48H30O/c1-2-12-31(13-3-1)32-22-24-33(25-23-32)47-39-17-6-8-19-41(39)48(42-20-9-7-18-40(42)47)44-30-36(28-35-14-4-5-15-37(35)44)34-26-27-46-43(29-34)38-16-10-11-21-45(38)49-46/h1-30H. The first kappa shape index (κ1) is 27.7. The number of fused-ring (bicyclic) bond motifs is 6. The van der Waals surface area contributed by atoms with Crippen molar-refractivity contribution in [2.24, 2.45) is 0 Å². The van der Waals surface area contributed by atoms with E-state index in [0.29, 0.717) is 0 Å². The molecule has 0 saturated carbocycles. The van der Waals surface area contributed by atoms with E-state index in [2.05, 4.69) is 170 Å². The fraction of sp³-hybridized carbons (Fsp3) is 0. The minimum Gasteiger partial charge on any atom is -0.456 e. The third-order valence-electron chi connectivity index (χ3n) is 10.1. The minimum absolute atomic E-state index is 0.912. The molecule has 0 saturated heterocycles. The van der Waals surface area contributed by atoms with Crippen LogP contribution in [0.4, 0.5) is 0 Å². The lowest BCUT2D eigenvalue weighted by Crippen LogP contribution is -1.92. The van der Waals surface area contributed by atoms with Gasteiger partial charge in [-0.2, -0.15) is 0 Å². The molecular weight excluding hydrogens is 593 g/mol. The van der Waals surface area contributed by atoms with Crippen molar-refractivity contribution in [3.63, 3.8) is 0 Å². The van der Waals surface area contributed by atoms with Crippen LogP contribution >= 0.6 is 0 Å². The first-order valence-electron chi connectivity index (χ1n) is 16.8. The molecule has 228 valence electrons. The molecule has 0 spiro atoms. The van der Waals surface area contributed by atoms with Gasteiger partial charge in [0.15, 0.2) is 0 Å². The third kappa shape index (κ3) is 4.47. The molecule has 49 heavy (non-hydrogen) atoms. The highest BCUT2D eigenvalue weighted by Crippen LogP contribution is 2.46. The zero-order valence-corrected chi connectivity index (χ0v) is 26.7. The highest BCUT2D eigenvalue weighted by molar-refractivity contribution is 6.24. The van der Waals surface area contributed by atoms with E-state index in [1.54, 1.807) is 0 Å². The first-order valence-corrected chi connectivity index (χ1v) is 16.8. The first-order chi connectivity index (χ1) is 24.3. The van der Waals surface area contributed by atoms with Gasteiger partial charge in [-0.3, -0.25) is 0 Å². The van der Waals surface area contributed by atoms with Gasteiger partial charge in [0.05, 0.1) is 0 Å². The summed E-state index contributed by atoms with van der Waals surface area (Å²) >= 11 is 0. The largest absolute Gasteiger partial charge is 0.456 e. The van der Waals surface area contributed by atoms with Gasteiger partial charge in [-0.25, -0.2) is 0 Å². The lowest BCUT2D eigenvalue weighted by Gasteiger charge is -2.20. The molecule has 0 fully saturated rings. The summed E-state index contributed by atoms with van der Waals surface area (Å²) in [7, 11) is 0. The van der Waals surface area contributed by atoms with Crippen molar-refractivity contribution in [2.45, 2.75) is 0 Å². The van der Waals surface area contributed by atoms with E-state index in [-0.39, 0.29) is 0 Å². The Bertz CT molecular complexity index is 2800. The maximum atomic E-state index is 6.18. The summed E-state index contributed by atoms with van der Waals surface area (Å²) in [5.41, 5.74) is 11.6. The van der Waals surface area contributed by atoms with Gasteiger partial charge < -0.3 is 4.42 Å². The van der Waals surface area contributed by atoms with Crippen molar-refractivity contribution in [2.75, 3.05) is 0 Å². The van der Waals surface area contributed by atoms with Crippen LogP contribution in [0, 0.1) is 0 Å². The van der Waals surface area contributed by atoms with Gasteiger partial charge in [-0.05, 0) is 107 Å². The van der Waals surface area contributed by atoms with Gasteiger partial charge >= 0.3 is 0 Å². The molecule has 9 aromatic carbocycles. The van der Waals surface area contributed by atoms with Crippen LogP contribution in [0.2, 0.25) is 0 Å². The van der Waals surface area contributed by atoms with E-state index in [4.69, 9.17) is 4.42 Å². The summed E-state index contributed by atoms with van der Waals surface area (Å²) in [6.07, 6.45) is 0. The van der Waals surface area contributed by atoms with Crippen LogP contribution in [0.5, 0.6) is 0 Å². The number of furan rings is 1. The van der Waals surface area contributed by atoms with Crippen molar-refractivity contribution in [3.8, 4) is 44.5 Å². The average molecular weight is 623 g/mol. The molecule has 10 rings (SSSR count). The van der Waals surface area contributed by atoms with Crippen molar-refractivity contribution < 1.29 is 4.42 Å². The molecule has 1 heterocycles. The van der Waals surface area contributed by atoms with Crippen LogP contribution in [0.3, 0.4) is 0 Å². The van der Waals surface area contributed by atoms with Crippen molar-refractivity contribution in [3.05, 3.63) is 182 Å². The highest BCUT2D eigenvalue weighted by Gasteiger charge is 2.19. The number of benzene rings is 9. The topological polar surface area (TPSA) is 13.1 Å². The molecule has 1 heteroatoms. The Morgan fingerprint density at radius 1 is 0.265 bits per heavy atom. The van der Waals surface area contributed by atoms with E-state index >= 15 is 0 Å². The Labute approximate surface area is 284 Å². The number of rotatable bonds is 4. The maximum Gasteiger partial charge on any atom is 0.135 e. The quantitative estimate of drug-likeness (QED) is 0.178. The second kappa shape index (κ2) is 11.1. The van der Waals surface area contributed by atoms with Crippen molar-refractivity contribution in [1.29, 1.82) is 0 Å². The molecule has 0 bridgehead atoms. The SMILES string of the molecule is c1ccc(-c2ccc(-c3c4ccccc4c(-c4cc(-c5ccc6oc7ccccc7c6c5)cc5ccccc45)c4ccccc34)cc2)cc1. The van der Waals surface area contributed by atoms with E-state index in [9.17, 15) is 0 Å². The van der Waals surface area contributed by atoms with Crippen LogP contribution < -0.4 is 0 Å². The van der Waals surface area contributed by atoms with E-state index < -0.39 is 0 Å². The van der Waals surface area contributed by atoms with Crippen LogP contribution in [-0.2, 0) is 0 Å². The summed E-state index contributed by atoms with van der Waals surface area (Å²) in [5, 5.41) is 9.76. The van der Waals surface area contributed by atoms with E-state index in [1.165, 1.54) is 76.8 Å². The third-order valence-corrected chi connectivity index (χ3v) is 10.1. The van der Waals surface area contributed by atoms with E-state index in [0.717, 1.165) is 21.9 Å². The fourth-order valence-electron chi connectivity index (χ4n) is 7.78. The van der Waals surface area contributed by atoms with Crippen LogP contribution in [0.15, 0.2) is 186 Å². The van der Waals surface area contributed by atoms with Gasteiger partial charge in [0.1, 0.15) is 11.2 Å². The van der Waals surface area contributed by atoms with Gasteiger partial charge in [0, 0.05) is 10.8 Å². The lowest BCUT2D eigenvalue weighted by molar-refractivity contribution is 0.669. The summed E-state index contributed by atoms with van der Waals surface area (Å²) in [4.78, 5) is 0. The number of hydrogen-bond acceptors (Lipinski definition) is 1. The van der Waals surface area contributed by atoms with Gasteiger partial charge in [0.2, 0.25) is 0 Å². The van der Waals surface area contributed by atoms with Gasteiger partial charge in [-0.15, -0.1) is 0 Å². The monoisotopic (exact) mass is 622 g/mol. The maximum absolute atomic E-state index is 6.18. The molecular formula is C48H30O. The Hall–Kier alpha value is -6.44. The summed E-state index contributed by atoms with van der Waals surface area (Å²) in [6, 6.07) is 65.9. The van der Waals surface area contributed by atoms with Crippen molar-refractivity contribution >= 4 is 54.3 Å². The Kier molecular flexibility index (Phi) is 6.25. The molecule has 0 N–H and O–H groups in total. The average Bonchev–Trinajstić information content (AvgIpc) is 3.55. The highest BCUT2D eigenvalue weighted by atomic mass is 16.3. The number of para-hydroxylation sites is 1. The van der Waals surface area contributed by atoms with Crippen LogP contribution in [0.25, 0.3) is 98.8 Å². The van der Waals surface area contributed by atoms with E-state index in [1.807, 2.05) is 12.1 Å². The van der Waals surface area contributed by atoms with Crippen molar-refractivity contribution in [1.82, 2.24) is 0 Å². The summed E-state index contributed by atoms with van der Waals surface area (Å²) in [5.74, 6) is 0. The Morgan fingerprint density at radius 3 is 1.49 bits per heavy atom. The Balaban J connectivity index is 1.23.